The lowest BCUT2D eigenvalue weighted by Crippen LogP contribution is -2.34. The van der Waals surface area contributed by atoms with Crippen LogP contribution in [0.25, 0.3) is 16.7 Å². The van der Waals surface area contributed by atoms with Gasteiger partial charge in [0, 0.05) is 25.0 Å². The number of halogens is 2. The van der Waals surface area contributed by atoms with Crippen molar-refractivity contribution in [1.29, 1.82) is 5.41 Å². The Morgan fingerprint density at radius 2 is 1.94 bits per heavy atom. The number of hydrogen-bond donors (Lipinski definition) is 3. The molecule has 0 unspecified atom stereocenters. The SMILES string of the molecule is CN1CCc2ccc(Nc3ncc4c(=N)n(-c5c(Cl)cccc5Cl)c(=O)[nH]c4n3)cc2C1. The number of aromatic amines is 1. The molecule has 0 saturated carbocycles. The Labute approximate surface area is 193 Å². The second kappa shape index (κ2) is 8.05. The van der Waals surface area contributed by atoms with Crippen molar-refractivity contribution in [2.75, 3.05) is 18.9 Å². The molecular formula is C22H19Cl2N7O. The van der Waals surface area contributed by atoms with Crippen LogP contribution in [0.2, 0.25) is 10.0 Å². The number of anilines is 2. The Balaban J connectivity index is 1.54. The Kier molecular flexibility index (Phi) is 5.21. The number of benzene rings is 2. The molecule has 2 aromatic heterocycles. The third-order valence-electron chi connectivity index (χ3n) is 5.52. The van der Waals surface area contributed by atoms with Gasteiger partial charge in [-0.2, -0.15) is 4.98 Å². The molecule has 2 aromatic carbocycles. The van der Waals surface area contributed by atoms with Gasteiger partial charge in [-0.15, -0.1) is 0 Å². The van der Waals surface area contributed by atoms with Crippen molar-refractivity contribution < 1.29 is 0 Å². The molecule has 1 aliphatic heterocycles. The molecule has 0 fully saturated rings. The summed E-state index contributed by atoms with van der Waals surface area (Å²) in [4.78, 5) is 26.5. The number of hydrogen-bond acceptors (Lipinski definition) is 6. The normalized spacial score (nSPS) is 13.8. The molecule has 5 rings (SSSR count). The fourth-order valence-electron chi connectivity index (χ4n) is 3.91. The highest BCUT2D eigenvalue weighted by Gasteiger charge is 2.16. The van der Waals surface area contributed by atoms with Crippen LogP contribution in [0.3, 0.4) is 0 Å². The number of rotatable bonds is 3. The first kappa shape index (κ1) is 20.7. The van der Waals surface area contributed by atoms with Gasteiger partial charge in [0.2, 0.25) is 5.95 Å². The van der Waals surface area contributed by atoms with E-state index in [0.717, 1.165) is 29.8 Å². The summed E-state index contributed by atoms with van der Waals surface area (Å²) in [5.41, 5.74) is 3.28. The predicted molar refractivity (Wildman–Crippen MR) is 125 cm³/mol. The highest BCUT2D eigenvalue weighted by Crippen LogP contribution is 2.27. The number of nitrogens with zero attached hydrogens (tertiary/aromatic N) is 4. The van der Waals surface area contributed by atoms with E-state index in [0.29, 0.717) is 11.3 Å². The first-order chi connectivity index (χ1) is 15.4. The van der Waals surface area contributed by atoms with Gasteiger partial charge in [-0.1, -0.05) is 35.3 Å². The molecule has 1 aliphatic rings. The average molecular weight is 468 g/mol. The van der Waals surface area contributed by atoms with Gasteiger partial charge < -0.3 is 10.2 Å². The smallest absolute Gasteiger partial charge is 0.324 e. The maximum atomic E-state index is 12.8. The zero-order chi connectivity index (χ0) is 22.4. The molecule has 0 saturated heterocycles. The van der Waals surface area contributed by atoms with Crippen LogP contribution < -0.4 is 16.5 Å². The molecule has 0 amide bonds. The molecular weight excluding hydrogens is 449 g/mol. The van der Waals surface area contributed by atoms with Gasteiger partial charge >= 0.3 is 5.69 Å². The first-order valence-electron chi connectivity index (χ1n) is 9.99. The Hall–Kier alpha value is -3.20. The zero-order valence-electron chi connectivity index (χ0n) is 17.1. The molecule has 0 spiro atoms. The summed E-state index contributed by atoms with van der Waals surface area (Å²) in [6.45, 7) is 1.94. The monoisotopic (exact) mass is 467 g/mol. The van der Waals surface area contributed by atoms with Crippen LogP contribution in [0.1, 0.15) is 11.1 Å². The van der Waals surface area contributed by atoms with E-state index in [1.54, 1.807) is 18.2 Å². The van der Waals surface area contributed by atoms with E-state index < -0.39 is 5.69 Å². The summed E-state index contributed by atoms with van der Waals surface area (Å²) < 4.78 is 1.11. The number of fused-ring (bicyclic) bond motifs is 2. The van der Waals surface area contributed by atoms with Crippen LogP contribution in [0.5, 0.6) is 0 Å². The van der Waals surface area contributed by atoms with Crippen molar-refractivity contribution in [2.24, 2.45) is 0 Å². The zero-order valence-corrected chi connectivity index (χ0v) is 18.6. The first-order valence-corrected chi connectivity index (χ1v) is 10.7. The Morgan fingerprint density at radius 1 is 1.16 bits per heavy atom. The summed E-state index contributed by atoms with van der Waals surface area (Å²) >= 11 is 12.5. The molecule has 10 heteroatoms. The number of para-hydroxylation sites is 1. The third kappa shape index (κ3) is 3.66. The summed E-state index contributed by atoms with van der Waals surface area (Å²) in [6.07, 6.45) is 2.53. The lowest BCUT2D eigenvalue weighted by atomic mass is 9.99. The van der Waals surface area contributed by atoms with Crippen LogP contribution in [0.15, 0.2) is 47.4 Å². The molecule has 0 radical (unpaired) electrons. The van der Waals surface area contributed by atoms with Crippen LogP contribution in [0.4, 0.5) is 11.6 Å². The molecule has 8 nitrogen and oxygen atoms in total. The van der Waals surface area contributed by atoms with E-state index in [9.17, 15) is 4.79 Å². The van der Waals surface area contributed by atoms with Gasteiger partial charge in [-0.3, -0.25) is 10.4 Å². The molecule has 0 atom stereocenters. The molecule has 0 bridgehead atoms. The molecule has 32 heavy (non-hydrogen) atoms. The average Bonchev–Trinajstić information content (AvgIpc) is 2.75. The molecule has 3 N–H and O–H groups in total. The lowest BCUT2D eigenvalue weighted by molar-refractivity contribution is 0.313. The van der Waals surface area contributed by atoms with E-state index in [4.69, 9.17) is 28.6 Å². The molecule has 0 aliphatic carbocycles. The Morgan fingerprint density at radius 3 is 2.72 bits per heavy atom. The highest BCUT2D eigenvalue weighted by atomic mass is 35.5. The third-order valence-corrected chi connectivity index (χ3v) is 6.13. The maximum absolute atomic E-state index is 12.8. The number of likely N-dealkylation sites (N-methyl/N-ethyl adjacent to an activating group) is 1. The lowest BCUT2D eigenvalue weighted by Gasteiger charge is -2.25. The van der Waals surface area contributed by atoms with Crippen molar-refractivity contribution in [1.82, 2.24) is 24.4 Å². The fraction of sp³-hybridized carbons (Fsp3) is 0.182. The Bertz CT molecular complexity index is 1460. The summed E-state index contributed by atoms with van der Waals surface area (Å²) in [6, 6.07) is 11.1. The van der Waals surface area contributed by atoms with Crippen molar-refractivity contribution in [3.05, 3.63) is 79.7 Å². The van der Waals surface area contributed by atoms with Crippen molar-refractivity contribution >= 4 is 45.9 Å². The van der Waals surface area contributed by atoms with Crippen molar-refractivity contribution in [2.45, 2.75) is 13.0 Å². The van der Waals surface area contributed by atoms with E-state index >= 15 is 0 Å². The topological polar surface area (TPSA) is 103 Å². The van der Waals surface area contributed by atoms with Gasteiger partial charge in [0.05, 0.1) is 21.1 Å². The number of aromatic nitrogens is 4. The van der Waals surface area contributed by atoms with E-state index in [2.05, 4.69) is 44.3 Å². The van der Waals surface area contributed by atoms with Crippen molar-refractivity contribution in [3.63, 3.8) is 0 Å². The van der Waals surface area contributed by atoms with Gasteiger partial charge in [0.1, 0.15) is 5.49 Å². The molecule has 162 valence electrons. The molecule has 4 aromatic rings. The minimum atomic E-state index is -0.570. The second-order valence-corrected chi connectivity index (χ2v) is 8.55. The summed E-state index contributed by atoms with van der Waals surface area (Å²) in [5, 5.41) is 12.6. The van der Waals surface area contributed by atoms with E-state index in [-0.39, 0.29) is 26.9 Å². The van der Waals surface area contributed by atoms with Crippen LogP contribution in [-0.4, -0.2) is 38.0 Å². The van der Waals surface area contributed by atoms with Gasteiger partial charge in [-0.25, -0.2) is 14.3 Å². The minimum Gasteiger partial charge on any atom is -0.324 e. The maximum Gasteiger partial charge on any atom is 0.333 e. The summed E-state index contributed by atoms with van der Waals surface area (Å²) in [7, 11) is 2.10. The van der Waals surface area contributed by atoms with Crippen LogP contribution >= 0.6 is 23.2 Å². The van der Waals surface area contributed by atoms with E-state index in [1.165, 1.54) is 17.3 Å². The summed E-state index contributed by atoms with van der Waals surface area (Å²) in [5.74, 6) is 0.324. The predicted octanol–water partition coefficient (Wildman–Crippen LogP) is 3.63. The van der Waals surface area contributed by atoms with Gasteiger partial charge in [0.25, 0.3) is 0 Å². The highest BCUT2D eigenvalue weighted by molar-refractivity contribution is 6.37. The second-order valence-electron chi connectivity index (χ2n) is 7.74. The van der Waals surface area contributed by atoms with E-state index in [1.807, 2.05) is 6.07 Å². The van der Waals surface area contributed by atoms with Crippen molar-refractivity contribution in [3.8, 4) is 5.69 Å². The minimum absolute atomic E-state index is 0.109. The van der Waals surface area contributed by atoms with Crippen LogP contribution in [0, 0.1) is 5.41 Å². The largest absolute Gasteiger partial charge is 0.333 e. The fourth-order valence-corrected chi connectivity index (χ4v) is 4.48. The molecule has 3 heterocycles. The quantitative estimate of drug-likeness (QED) is 0.426. The standard InChI is InChI=1S/C22H19Cl2N7O/c1-30-8-7-12-5-6-14(9-13(12)11-30)27-21-26-10-15-19(25)31(22(32)29-20(15)28-21)18-16(23)3-2-4-17(18)24/h2-6,9-10,25H,7-8,11H2,1H3,(H2,26,27,28,29,32). The van der Waals surface area contributed by atoms with Gasteiger partial charge in [0.15, 0.2) is 5.65 Å². The number of nitrogens with one attached hydrogen (secondary N) is 3. The van der Waals surface area contributed by atoms with Gasteiger partial charge in [-0.05, 0) is 48.9 Å². The number of H-pyrrole nitrogens is 1. The van der Waals surface area contributed by atoms with Crippen LogP contribution in [-0.2, 0) is 13.0 Å².